The summed E-state index contributed by atoms with van der Waals surface area (Å²) in [4.78, 5) is 1.98. The molecule has 0 aliphatic heterocycles. The lowest BCUT2D eigenvalue weighted by atomic mass is 10.1. The predicted octanol–water partition coefficient (Wildman–Crippen LogP) is 1.48. The minimum atomic E-state index is -0.0718. The molecule has 0 saturated heterocycles. The van der Waals surface area contributed by atoms with Gasteiger partial charge in [0.15, 0.2) is 0 Å². The fourth-order valence-corrected chi connectivity index (χ4v) is 1.81. The molecule has 0 aliphatic carbocycles. The summed E-state index contributed by atoms with van der Waals surface area (Å²) in [7, 11) is 5.55. The molecule has 0 fully saturated rings. The van der Waals surface area contributed by atoms with E-state index in [1.807, 2.05) is 37.2 Å². The van der Waals surface area contributed by atoms with E-state index in [9.17, 15) is 0 Å². The van der Waals surface area contributed by atoms with Gasteiger partial charge >= 0.3 is 0 Å². The van der Waals surface area contributed by atoms with Gasteiger partial charge in [-0.05, 0) is 32.3 Å². The number of benzene rings is 1. The zero-order chi connectivity index (χ0) is 11.4. The summed E-state index contributed by atoms with van der Waals surface area (Å²) in [6, 6.07) is 5.84. The summed E-state index contributed by atoms with van der Waals surface area (Å²) in [5.74, 6) is 6.33. The third-order valence-corrected chi connectivity index (χ3v) is 2.65. The highest BCUT2D eigenvalue weighted by Gasteiger charge is 2.16. The third-order valence-electron chi connectivity index (χ3n) is 2.16. The first-order valence-corrected chi connectivity index (χ1v) is 5.35. The lowest BCUT2D eigenvalue weighted by Crippen LogP contribution is -2.37. The van der Waals surface area contributed by atoms with E-state index in [-0.39, 0.29) is 6.17 Å². The van der Waals surface area contributed by atoms with Crippen molar-refractivity contribution in [1.29, 1.82) is 0 Å². The Morgan fingerprint density at radius 3 is 2.60 bits per heavy atom. The van der Waals surface area contributed by atoms with Crippen LogP contribution in [0.25, 0.3) is 0 Å². The van der Waals surface area contributed by atoms with E-state index < -0.39 is 0 Å². The van der Waals surface area contributed by atoms with Crippen molar-refractivity contribution in [2.45, 2.75) is 6.17 Å². The Kier molecular flexibility index (Phi) is 4.53. The maximum atomic E-state index is 5.52. The van der Waals surface area contributed by atoms with Crippen LogP contribution in [0.4, 0.5) is 0 Å². The van der Waals surface area contributed by atoms with Gasteiger partial charge in [0.05, 0.1) is 7.11 Å². The van der Waals surface area contributed by atoms with Crippen molar-refractivity contribution in [2.24, 2.45) is 5.84 Å². The number of methoxy groups -OCH3 is 1. The topological polar surface area (TPSA) is 50.5 Å². The highest BCUT2D eigenvalue weighted by molar-refractivity contribution is 9.10. The van der Waals surface area contributed by atoms with Crippen LogP contribution in [-0.2, 0) is 0 Å². The van der Waals surface area contributed by atoms with Gasteiger partial charge in [-0.25, -0.2) is 5.43 Å². The fraction of sp³-hybridized carbons (Fsp3) is 0.400. The molecule has 1 rings (SSSR count). The maximum absolute atomic E-state index is 5.52. The van der Waals surface area contributed by atoms with Gasteiger partial charge in [-0.2, -0.15) is 0 Å². The minimum absolute atomic E-state index is 0.0718. The Hall–Kier alpha value is -0.620. The molecule has 0 amide bonds. The molecule has 1 atom stereocenters. The first-order chi connectivity index (χ1) is 7.10. The molecule has 4 nitrogen and oxygen atoms in total. The number of nitrogens with two attached hydrogens (primary N) is 1. The number of hydrogen-bond acceptors (Lipinski definition) is 4. The predicted molar refractivity (Wildman–Crippen MR) is 64.4 cm³/mol. The van der Waals surface area contributed by atoms with Gasteiger partial charge in [-0.15, -0.1) is 0 Å². The molecule has 0 bridgehead atoms. The van der Waals surface area contributed by atoms with E-state index in [0.717, 1.165) is 15.8 Å². The highest BCUT2D eigenvalue weighted by atomic mass is 79.9. The van der Waals surface area contributed by atoms with Crippen molar-refractivity contribution in [3.05, 3.63) is 28.2 Å². The molecule has 0 spiro atoms. The zero-order valence-electron chi connectivity index (χ0n) is 9.12. The molecular weight excluding hydrogens is 258 g/mol. The molecule has 0 radical (unpaired) electrons. The van der Waals surface area contributed by atoms with Crippen LogP contribution in [0.5, 0.6) is 5.75 Å². The number of halogens is 1. The van der Waals surface area contributed by atoms with Gasteiger partial charge in [-0.1, -0.05) is 15.9 Å². The van der Waals surface area contributed by atoms with Crippen molar-refractivity contribution in [1.82, 2.24) is 10.3 Å². The molecule has 84 valence electrons. The summed E-state index contributed by atoms with van der Waals surface area (Å²) in [5.41, 5.74) is 3.74. The quantitative estimate of drug-likeness (QED) is 0.496. The van der Waals surface area contributed by atoms with Crippen LogP contribution in [0.15, 0.2) is 22.7 Å². The summed E-state index contributed by atoms with van der Waals surface area (Å²) in [6.07, 6.45) is -0.0718. The van der Waals surface area contributed by atoms with Crippen LogP contribution in [0, 0.1) is 0 Å². The number of hydrogen-bond donors (Lipinski definition) is 2. The second kappa shape index (κ2) is 5.46. The van der Waals surface area contributed by atoms with Crippen molar-refractivity contribution in [2.75, 3.05) is 21.2 Å². The van der Waals surface area contributed by atoms with Crippen molar-refractivity contribution in [3.8, 4) is 5.75 Å². The largest absolute Gasteiger partial charge is 0.496 e. The van der Waals surface area contributed by atoms with Crippen LogP contribution < -0.4 is 16.0 Å². The molecule has 1 aromatic carbocycles. The molecule has 1 aromatic rings. The normalized spacial score (nSPS) is 12.9. The Morgan fingerprint density at radius 1 is 1.47 bits per heavy atom. The number of rotatable bonds is 4. The fourth-order valence-electron chi connectivity index (χ4n) is 1.44. The monoisotopic (exact) mass is 273 g/mol. The van der Waals surface area contributed by atoms with Gasteiger partial charge in [0.2, 0.25) is 0 Å². The van der Waals surface area contributed by atoms with E-state index >= 15 is 0 Å². The lowest BCUT2D eigenvalue weighted by Gasteiger charge is -2.25. The van der Waals surface area contributed by atoms with Crippen LogP contribution >= 0.6 is 15.9 Å². The van der Waals surface area contributed by atoms with E-state index in [0.29, 0.717) is 0 Å². The molecule has 1 unspecified atom stereocenters. The maximum Gasteiger partial charge on any atom is 0.125 e. The Bertz CT molecular complexity index is 330. The number of hydrazine groups is 1. The second-order valence-corrected chi connectivity index (χ2v) is 4.33. The SMILES string of the molecule is COc1ccc(Br)cc1C(NN)N(C)C. The summed E-state index contributed by atoms with van der Waals surface area (Å²) in [5, 5.41) is 0. The molecule has 0 aromatic heterocycles. The van der Waals surface area contributed by atoms with E-state index in [1.54, 1.807) is 7.11 Å². The van der Waals surface area contributed by atoms with Gasteiger partial charge in [0, 0.05) is 10.0 Å². The Morgan fingerprint density at radius 2 is 2.13 bits per heavy atom. The van der Waals surface area contributed by atoms with Crippen LogP contribution in [0.1, 0.15) is 11.7 Å². The van der Waals surface area contributed by atoms with E-state index in [4.69, 9.17) is 10.6 Å². The third kappa shape index (κ3) is 2.92. The molecule has 0 aliphatic rings. The van der Waals surface area contributed by atoms with Crippen LogP contribution in [0.2, 0.25) is 0 Å². The highest BCUT2D eigenvalue weighted by Crippen LogP contribution is 2.28. The molecule has 3 N–H and O–H groups in total. The van der Waals surface area contributed by atoms with Gasteiger partial charge < -0.3 is 4.74 Å². The van der Waals surface area contributed by atoms with Crippen LogP contribution in [0.3, 0.4) is 0 Å². The van der Waals surface area contributed by atoms with Crippen molar-refractivity contribution < 1.29 is 4.74 Å². The minimum Gasteiger partial charge on any atom is -0.496 e. The average molecular weight is 274 g/mol. The molecule has 15 heavy (non-hydrogen) atoms. The Balaban J connectivity index is 3.13. The molecular formula is C10H16BrN3O. The second-order valence-electron chi connectivity index (χ2n) is 3.42. The van der Waals surface area contributed by atoms with Crippen LogP contribution in [-0.4, -0.2) is 26.1 Å². The molecule has 0 saturated carbocycles. The number of nitrogens with zero attached hydrogens (tertiary/aromatic N) is 1. The Labute approximate surface area is 98.5 Å². The van der Waals surface area contributed by atoms with Gasteiger partial charge in [0.25, 0.3) is 0 Å². The molecule has 5 heteroatoms. The summed E-state index contributed by atoms with van der Waals surface area (Å²) < 4.78 is 6.29. The summed E-state index contributed by atoms with van der Waals surface area (Å²) >= 11 is 3.43. The van der Waals surface area contributed by atoms with Crippen molar-refractivity contribution >= 4 is 15.9 Å². The van der Waals surface area contributed by atoms with E-state index in [2.05, 4.69) is 21.4 Å². The first kappa shape index (κ1) is 12.4. The number of nitrogens with one attached hydrogen (secondary N) is 1. The van der Waals surface area contributed by atoms with E-state index in [1.165, 1.54) is 0 Å². The molecule has 0 heterocycles. The van der Waals surface area contributed by atoms with Gasteiger partial charge in [0.1, 0.15) is 11.9 Å². The summed E-state index contributed by atoms with van der Waals surface area (Å²) in [6.45, 7) is 0. The zero-order valence-corrected chi connectivity index (χ0v) is 10.7. The van der Waals surface area contributed by atoms with Gasteiger partial charge in [-0.3, -0.25) is 10.7 Å². The standard InChI is InChI=1S/C10H16BrN3O/c1-14(2)10(13-12)8-6-7(11)4-5-9(8)15-3/h4-6,10,13H,12H2,1-3H3. The number of ether oxygens (including phenoxy) is 1. The van der Waals surface area contributed by atoms with Crippen molar-refractivity contribution in [3.63, 3.8) is 0 Å². The lowest BCUT2D eigenvalue weighted by molar-refractivity contribution is 0.245. The first-order valence-electron chi connectivity index (χ1n) is 4.56. The average Bonchev–Trinajstić information content (AvgIpc) is 2.18. The smallest absolute Gasteiger partial charge is 0.125 e.